The molecule has 1 heterocycles. The number of H-pyrrole nitrogens is 1. The predicted octanol–water partition coefficient (Wildman–Crippen LogP) is 2.65. The largest absolute Gasteiger partial charge is 0.477 e. The maximum Gasteiger partial charge on any atom is 0.354 e. The van der Waals surface area contributed by atoms with E-state index in [-0.39, 0.29) is 22.0 Å². The van der Waals surface area contributed by atoms with Crippen molar-refractivity contribution in [1.29, 1.82) is 0 Å². The summed E-state index contributed by atoms with van der Waals surface area (Å²) in [5.41, 5.74) is -0.203. The molecule has 1 aromatic heterocycles. The summed E-state index contributed by atoms with van der Waals surface area (Å²) in [6, 6.07) is 4.29. The van der Waals surface area contributed by atoms with Crippen molar-refractivity contribution in [2.75, 3.05) is 0 Å². The number of carboxylic acid groups (broad SMARTS) is 1. The molecule has 0 fully saturated rings. The van der Waals surface area contributed by atoms with Crippen molar-refractivity contribution < 1.29 is 14.7 Å². The summed E-state index contributed by atoms with van der Waals surface area (Å²) in [6.07, 6.45) is 1.15. The number of imidazole rings is 1. The van der Waals surface area contributed by atoms with Gasteiger partial charge in [0.1, 0.15) is 5.69 Å². The monoisotopic (exact) mass is 284 g/mol. The van der Waals surface area contributed by atoms with E-state index in [1.54, 1.807) is 0 Å². The van der Waals surface area contributed by atoms with Gasteiger partial charge in [0.25, 0.3) is 0 Å². The minimum atomic E-state index is -1.25. The quantitative estimate of drug-likeness (QED) is 0.849. The van der Waals surface area contributed by atoms with E-state index >= 15 is 0 Å². The Hall–Kier alpha value is -1.85. The molecule has 1 aromatic carbocycles. The molecule has 0 amide bonds. The van der Waals surface area contributed by atoms with Gasteiger partial charge in [0.05, 0.1) is 16.4 Å². The van der Waals surface area contributed by atoms with Crippen molar-refractivity contribution in [2.24, 2.45) is 0 Å². The summed E-state index contributed by atoms with van der Waals surface area (Å²) in [5, 5.41) is 9.41. The van der Waals surface area contributed by atoms with Gasteiger partial charge in [-0.05, 0) is 18.2 Å². The number of aromatic amines is 1. The van der Waals surface area contributed by atoms with Crippen LogP contribution in [0, 0.1) is 0 Å². The number of aromatic nitrogens is 2. The van der Waals surface area contributed by atoms with Crippen LogP contribution in [0.25, 0.3) is 0 Å². The highest BCUT2D eigenvalue weighted by Gasteiger charge is 2.21. The number of carbonyl (C=O) groups excluding carboxylic acids is 1. The first-order chi connectivity index (χ1) is 8.50. The van der Waals surface area contributed by atoms with Gasteiger partial charge >= 0.3 is 5.97 Å². The Kier molecular flexibility index (Phi) is 3.36. The van der Waals surface area contributed by atoms with E-state index in [4.69, 9.17) is 28.3 Å². The van der Waals surface area contributed by atoms with Crippen molar-refractivity contribution in [2.45, 2.75) is 0 Å². The number of ketones is 1. The van der Waals surface area contributed by atoms with Gasteiger partial charge in [-0.3, -0.25) is 4.79 Å². The van der Waals surface area contributed by atoms with E-state index in [1.807, 2.05) is 0 Å². The highest BCUT2D eigenvalue weighted by atomic mass is 35.5. The summed E-state index contributed by atoms with van der Waals surface area (Å²) < 4.78 is 0. The van der Waals surface area contributed by atoms with Crippen molar-refractivity contribution >= 4 is 35.0 Å². The summed E-state index contributed by atoms with van der Waals surface area (Å²) in [7, 11) is 0. The summed E-state index contributed by atoms with van der Waals surface area (Å²) >= 11 is 11.5. The highest BCUT2D eigenvalue weighted by molar-refractivity contribution is 6.42. The van der Waals surface area contributed by atoms with E-state index in [1.165, 1.54) is 18.2 Å². The standard InChI is InChI=1S/C11H6Cl2N2O3/c12-6-2-1-5(3-7(6)13)10(16)8-9(11(17)18)15-4-14-8/h1-4H,(H,14,15)(H,17,18). The average Bonchev–Trinajstić information content (AvgIpc) is 2.81. The number of hydrogen-bond acceptors (Lipinski definition) is 3. The number of nitrogens with one attached hydrogen (secondary N) is 1. The Morgan fingerprint density at radius 1 is 1.22 bits per heavy atom. The first-order valence-corrected chi connectivity index (χ1v) is 5.52. The number of hydrogen-bond donors (Lipinski definition) is 2. The summed E-state index contributed by atoms with van der Waals surface area (Å²) in [5.74, 6) is -1.79. The molecular formula is C11H6Cl2N2O3. The van der Waals surface area contributed by atoms with Gasteiger partial charge in [-0.15, -0.1) is 0 Å². The molecule has 0 atom stereocenters. The molecule has 7 heteroatoms. The van der Waals surface area contributed by atoms with Crippen molar-refractivity contribution in [3.8, 4) is 0 Å². The molecule has 0 aliphatic rings. The zero-order valence-corrected chi connectivity index (χ0v) is 10.3. The number of halogens is 2. The smallest absolute Gasteiger partial charge is 0.354 e. The minimum absolute atomic E-state index is 0.166. The normalized spacial score (nSPS) is 10.3. The lowest BCUT2D eigenvalue weighted by Gasteiger charge is -2.01. The van der Waals surface area contributed by atoms with Crippen LogP contribution in [0.2, 0.25) is 10.0 Å². The Labute approximate surface area is 111 Å². The first-order valence-electron chi connectivity index (χ1n) is 4.77. The first kappa shape index (κ1) is 12.6. The van der Waals surface area contributed by atoms with E-state index in [0.29, 0.717) is 5.02 Å². The maximum atomic E-state index is 12.0. The Balaban J connectivity index is 2.45. The molecule has 18 heavy (non-hydrogen) atoms. The number of aromatic carboxylic acids is 1. The van der Waals surface area contributed by atoms with Gasteiger partial charge < -0.3 is 10.1 Å². The number of nitrogens with zero attached hydrogens (tertiary/aromatic N) is 1. The molecule has 0 saturated carbocycles. The molecule has 2 rings (SSSR count). The Morgan fingerprint density at radius 2 is 1.94 bits per heavy atom. The molecule has 92 valence electrons. The molecule has 0 radical (unpaired) electrons. The lowest BCUT2D eigenvalue weighted by atomic mass is 10.1. The second-order valence-electron chi connectivity index (χ2n) is 3.39. The van der Waals surface area contributed by atoms with Gasteiger partial charge in [0.2, 0.25) is 5.78 Å². The van der Waals surface area contributed by atoms with Crippen LogP contribution in [0.15, 0.2) is 24.5 Å². The second-order valence-corrected chi connectivity index (χ2v) is 4.20. The van der Waals surface area contributed by atoms with Gasteiger partial charge in [-0.2, -0.15) is 0 Å². The lowest BCUT2D eigenvalue weighted by Crippen LogP contribution is -2.09. The van der Waals surface area contributed by atoms with Gasteiger partial charge in [-0.25, -0.2) is 9.78 Å². The van der Waals surface area contributed by atoms with Crippen LogP contribution in [0.4, 0.5) is 0 Å². The number of carboxylic acids is 1. The van der Waals surface area contributed by atoms with Crippen LogP contribution in [0.3, 0.4) is 0 Å². The maximum absolute atomic E-state index is 12.0. The zero-order valence-electron chi connectivity index (χ0n) is 8.78. The van der Waals surface area contributed by atoms with E-state index in [2.05, 4.69) is 9.97 Å². The third kappa shape index (κ3) is 2.23. The molecule has 0 unspecified atom stereocenters. The molecule has 0 aliphatic heterocycles. The SMILES string of the molecule is O=C(c1ccc(Cl)c(Cl)c1)c1nc[nH]c1C(=O)O. The molecule has 2 N–H and O–H groups in total. The van der Waals surface area contributed by atoms with Gasteiger partial charge in [0, 0.05) is 5.56 Å². The van der Waals surface area contributed by atoms with Crippen LogP contribution >= 0.6 is 23.2 Å². The van der Waals surface area contributed by atoms with Crippen LogP contribution in [0.5, 0.6) is 0 Å². The third-order valence-electron chi connectivity index (χ3n) is 2.25. The van der Waals surface area contributed by atoms with Crippen molar-refractivity contribution in [3.05, 3.63) is 51.5 Å². The van der Waals surface area contributed by atoms with E-state index in [9.17, 15) is 9.59 Å². The fourth-order valence-corrected chi connectivity index (χ4v) is 1.70. The fraction of sp³-hybridized carbons (Fsp3) is 0. The van der Waals surface area contributed by atoms with Crippen LogP contribution in [-0.2, 0) is 0 Å². The topological polar surface area (TPSA) is 83.0 Å². The summed E-state index contributed by atoms with van der Waals surface area (Å²) in [4.78, 5) is 29.0. The molecule has 5 nitrogen and oxygen atoms in total. The van der Waals surface area contributed by atoms with Crippen molar-refractivity contribution in [1.82, 2.24) is 9.97 Å². The molecule has 0 bridgehead atoms. The molecule has 0 saturated heterocycles. The average molecular weight is 285 g/mol. The van der Waals surface area contributed by atoms with E-state index < -0.39 is 11.8 Å². The third-order valence-corrected chi connectivity index (χ3v) is 2.99. The van der Waals surface area contributed by atoms with Gasteiger partial charge in [-0.1, -0.05) is 23.2 Å². The highest BCUT2D eigenvalue weighted by Crippen LogP contribution is 2.24. The number of carbonyl (C=O) groups is 2. The summed E-state index contributed by atoms with van der Waals surface area (Å²) in [6.45, 7) is 0. The molecule has 0 aliphatic carbocycles. The molecule has 0 spiro atoms. The molecular weight excluding hydrogens is 279 g/mol. The Morgan fingerprint density at radius 3 is 2.56 bits per heavy atom. The van der Waals surface area contributed by atoms with Crippen LogP contribution in [-0.4, -0.2) is 26.8 Å². The molecule has 2 aromatic rings. The second kappa shape index (κ2) is 4.80. The predicted molar refractivity (Wildman–Crippen MR) is 65.4 cm³/mol. The number of rotatable bonds is 3. The zero-order chi connectivity index (χ0) is 13.3. The van der Waals surface area contributed by atoms with E-state index in [0.717, 1.165) is 6.33 Å². The van der Waals surface area contributed by atoms with Crippen LogP contribution in [0.1, 0.15) is 26.5 Å². The van der Waals surface area contributed by atoms with Crippen LogP contribution < -0.4 is 0 Å². The van der Waals surface area contributed by atoms with Crippen molar-refractivity contribution in [3.63, 3.8) is 0 Å². The Bertz CT molecular complexity index is 637. The minimum Gasteiger partial charge on any atom is -0.477 e. The van der Waals surface area contributed by atoms with Gasteiger partial charge in [0.15, 0.2) is 5.69 Å². The lowest BCUT2D eigenvalue weighted by molar-refractivity contribution is 0.0687. The fourth-order valence-electron chi connectivity index (χ4n) is 1.40. The number of benzene rings is 1.